The molecule has 2 aromatic heterocycles. The Labute approximate surface area is 202 Å². The Morgan fingerprint density at radius 3 is 2.52 bits per heavy atom. The van der Waals surface area contributed by atoms with Crippen LogP contribution in [-0.4, -0.2) is 31.4 Å². The largest absolute Gasteiger partial charge is 0.324 e. The highest BCUT2D eigenvalue weighted by atomic mass is 35.5. The van der Waals surface area contributed by atoms with Crippen molar-refractivity contribution in [3.05, 3.63) is 83.6 Å². The van der Waals surface area contributed by atoms with E-state index in [9.17, 15) is 4.79 Å². The predicted octanol–water partition coefficient (Wildman–Crippen LogP) is 6.06. The van der Waals surface area contributed by atoms with Crippen LogP contribution >= 0.6 is 23.4 Å². The second-order valence-electron chi connectivity index (χ2n) is 7.46. The molecule has 0 aliphatic heterocycles. The maximum absolute atomic E-state index is 12.6. The van der Waals surface area contributed by atoms with E-state index < -0.39 is 0 Å². The SMILES string of the molecule is CCCCc1ccc(-n2c(SCC(=O)Nc3ccccc3Cl)nnc2-c2ccncc2)cc1. The maximum Gasteiger partial charge on any atom is 0.234 e. The Bertz CT molecular complexity index is 1210. The summed E-state index contributed by atoms with van der Waals surface area (Å²) in [6.45, 7) is 2.19. The van der Waals surface area contributed by atoms with E-state index in [0.29, 0.717) is 21.7 Å². The van der Waals surface area contributed by atoms with E-state index in [-0.39, 0.29) is 11.7 Å². The molecule has 0 saturated carbocycles. The van der Waals surface area contributed by atoms with Crippen molar-refractivity contribution < 1.29 is 4.79 Å². The molecule has 0 spiro atoms. The molecule has 0 atom stereocenters. The highest BCUT2D eigenvalue weighted by molar-refractivity contribution is 7.99. The number of amides is 1. The predicted molar refractivity (Wildman–Crippen MR) is 134 cm³/mol. The van der Waals surface area contributed by atoms with Crippen LogP contribution in [0.25, 0.3) is 17.1 Å². The number of carbonyl (C=O) groups is 1. The Morgan fingerprint density at radius 1 is 1.03 bits per heavy atom. The first-order valence-electron chi connectivity index (χ1n) is 10.8. The number of nitrogens with zero attached hydrogens (tertiary/aromatic N) is 4. The number of aryl methyl sites for hydroxylation is 1. The normalized spacial score (nSPS) is 10.8. The number of hydrogen-bond donors (Lipinski definition) is 1. The summed E-state index contributed by atoms with van der Waals surface area (Å²) in [7, 11) is 0. The lowest BCUT2D eigenvalue weighted by molar-refractivity contribution is -0.113. The van der Waals surface area contributed by atoms with E-state index >= 15 is 0 Å². The minimum Gasteiger partial charge on any atom is -0.324 e. The molecule has 1 N–H and O–H groups in total. The number of pyridine rings is 1. The Kier molecular flexibility index (Phi) is 7.75. The number of thioether (sulfide) groups is 1. The number of nitrogens with one attached hydrogen (secondary N) is 1. The van der Waals surface area contributed by atoms with Crippen molar-refractivity contribution >= 4 is 35.0 Å². The minimum absolute atomic E-state index is 0.164. The summed E-state index contributed by atoms with van der Waals surface area (Å²) in [6, 6.07) is 19.4. The topological polar surface area (TPSA) is 72.7 Å². The van der Waals surface area contributed by atoms with Crippen molar-refractivity contribution in [2.24, 2.45) is 0 Å². The number of carbonyl (C=O) groups excluding carboxylic acids is 1. The molecule has 0 aliphatic carbocycles. The highest BCUT2D eigenvalue weighted by Crippen LogP contribution is 2.28. The summed E-state index contributed by atoms with van der Waals surface area (Å²) in [5.41, 5.74) is 3.74. The van der Waals surface area contributed by atoms with E-state index in [1.165, 1.54) is 17.3 Å². The van der Waals surface area contributed by atoms with Crippen LogP contribution < -0.4 is 5.32 Å². The number of rotatable bonds is 9. The molecule has 0 bridgehead atoms. The monoisotopic (exact) mass is 477 g/mol. The van der Waals surface area contributed by atoms with Gasteiger partial charge in [-0.05, 0) is 54.8 Å². The molecular weight excluding hydrogens is 454 g/mol. The van der Waals surface area contributed by atoms with E-state index in [0.717, 1.165) is 30.5 Å². The van der Waals surface area contributed by atoms with E-state index in [1.807, 2.05) is 28.8 Å². The molecule has 6 nitrogen and oxygen atoms in total. The zero-order valence-electron chi connectivity index (χ0n) is 18.2. The Morgan fingerprint density at radius 2 is 1.79 bits per heavy atom. The van der Waals surface area contributed by atoms with Gasteiger partial charge in [0, 0.05) is 23.6 Å². The van der Waals surface area contributed by atoms with Crippen molar-refractivity contribution in [2.75, 3.05) is 11.1 Å². The van der Waals surface area contributed by atoms with E-state index in [2.05, 4.69) is 51.7 Å². The fourth-order valence-corrected chi connectivity index (χ4v) is 4.29. The fourth-order valence-electron chi connectivity index (χ4n) is 3.36. The van der Waals surface area contributed by atoms with Crippen molar-refractivity contribution in [3.8, 4) is 17.1 Å². The molecule has 2 heterocycles. The fraction of sp³-hybridized carbons (Fsp3) is 0.200. The summed E-state index contributed by atoms with van der Waals surface area (Å²) >= 11 is 7.48. The van der Waals surface area contributed by atoms with E-state index in [4.69, 9.17) is 11.6 Å². The van der Waals surface area contributed by atoms with Crippen molar-refractivity contribution in [1.82, 2.24) is 19.7 Å². The van der Waals surface area contributed by atoms with Gasteiger partial charge in [0.05, 0.1) is 16.5 Å². The Balaban J connectivity index is 1.58. The highest BCUT2D eigenvalue weighted by Gasteiger charge is 2.17. The second kappa shape index (κ2) is 11.1. The average molecular weight is 478 g/mol. The molecule has 8 heteroatoms. The van der Waals surface area contributed by atoms with Crippen LogP contribution in [-0.2, 0) is 11.2 Å². The number of halogens is 1. The summed E-state index contributed by atoms with van der Waals surface area (Å²) in [5.74, 6) is 0.713. The summed E-state index contributed by atoms with van der Waals surface area (Å²) in [4.78, 5) is 16.7. The van der Waals surface area contributed by atoms with Crippen LogP contribution in [0, 0.1) is 0 Å². The van der Waals surface area contributed by atoms with Crippen LogP contribution in [0.15, 0.2) is 78.2 Å². The van der Waals surface area contributed by atoms with E-state index in [1.54, 1.807) is 24.5 Å². The zero-order valence-corrected chi connectivity index (χ0v) is 19.8. The molecule has 1 amide bonds. The first-order chi connectivity index (χ1) is 16.2. The van der Waals surface area contributed by atoms with Gasteiger partial charge in [-0.1, -0.05) is 61.0 Å². The van der Waals surface area contributed by atoms with Gasteiger partial charge in [0.15, 0.2) is 11.0 Å². The summed E-state index contributed by atoms with van der Waals surface area (Å²) < 4.78 is 1.98. The molecule has 0 saturated heterocycles. The first kappa shape index (κ1) is 23.0. The van der Waals surface area contributed by atoms with Crippen LogP contribution in [0.5, 0.6) is 0 Å². The van der Waals surface area contributed by atoms with Crippen molar-refractivity contribution in [1.29, 1.82) is 0 Å². The Hall–Kier alpha value is -3.16. The molecule has 0 fully saturated rings. The molecule has 168 valence electrons. The number of hydrogen-bond acceptors (Lipinski definition) is 5. The molecule has 4 rings (SSSR count). The molecule has 0 radical (unpaired) electrons. The molecular formula is C25H24ClN5OS. The van der Waals surface area contributed by atoms with Gasteiger partial charge in [0.1, 0.15) is 0 Å². The summed E-state index contributed by atoms with van der Waals surface area (Å²) in [5, 5.41) is 12.8. The lowest BCUT2D eigenvalue weighted by Crippen LogP contribution is -2.14. The minimum atomic E-state index is -0.164. The molecule has 0 unspecified atom stereocenters. The third kappa shape index (κ3) is 5.80. The molecule has 4 aromatic rings. The summed E-state index contributed by atoms with van der Waals surface area (Å²) in [6.07, 6.45) is 6.84. The maximum atomic E-state index is 12.6. The standard InChI is InChI=1S/C25H24ClN5OS/c1-2-3-6-18-9-11-20(12-10-18)31-24(19-13-15-27-16-14-19)29-30-25(31)33-17-23(32)28-22-8-5-4-7-21(22)26/h4-5,7-16H,2-3,6,17H2,1H3,(H,28,32). The lowest BCUT2D eigenvalue weighted by Gasteiger charge is -2.11. The van der Waals surface area contributed by atoms with Crippen molar-refractivity contribution in [3.63, 3.8) is 0 Å². The van der Waals surface area contributed by atoms with Crippen LogP contribution in [0.4, 0.5) is 5.69 Å². The molecule has 2 aromatic carbocycles. The van der Waals surface area contributed by atoms with Crippen molar-refractivity contribution in [2.45, 2.75) is 31.3 Å². The third-order valence-electron chi connectivity index (χ3n) is 5.07. The quantitative estimate of drug-likeness (QED) is 0.297. The zero-order chi connectivity index (χ0) is 23.0. The van der Waals surface area contributed by atoms with Gasteiger partial charge in [0.2, 0.25) is 5.91 Å². The van der Waals surface area contributed by atoms with Gasteiger partial charge in [-0.3, -0.25) is 14.3 Å². The smallest absolute Gasteiger partial charge is 0.234 e. The van der Waals surface area contributed by atoms with Gasteiger partial charge in [0.25, 0.3) is 0 Å². The first-order valence-corrected chi connectivity index (χ1v) is 12.1. The van der Waals surface area contributed by atoms with Gasteiger partial charge in [-0.15, -0.1) is 10.2 Å². The number of benzene rings is 2. The second-order valence-corrected chi connectivity index (χ2v) is 8.81. The molecule has 33 heavy (non-hydrogen) atoms. The number of anilines is 1. The lowest BCUT2D eigenvalue weighted by atomic mass is 10.1. The van der Waals surface area contributed by atoms with Gasteiger partial charge < -0.3 is 5.32 Å². The number of aromatic nitrogens is 4. The third-order valence-corrected chi connectivity index (χ3v) is 6.32. The van der Waals surface area contributed by atoms with Gasteiger partial charge >= 0.3 is 0 Å². The van der Waals surface area contributed by atoms with Crippen LogP contribution in [0.2, 0.25) is 5.02 Å². The number of unbranched alkanes of at least 4 members (excludes halogenated alkanes) is 1. The van der Waals surface area contributed by atoms with Gasteiger partial charge in [-0.25, -0.2) is 0 Å². The van der Waals surface area contributed by atoms with Gasteiger partial charge in [-0.2, -0.15) is 0 Å². The molecule has 0 aliphatic rings. The van der Waals surface area contributed by atoms with Crippen LogP contribution in [0.1, 0.15) is 25.3 Å². The average Bonchev–Trinajstić information content (AvgIpc) is 3.28. The number of para-hydroxylation sites is 1. The van der Waals surface area contributed by atoms with Crippen LogP contribution in [0.3, 0.4) is 0 Å².